The molecule has 1 amide bonds. The number of pyridine rings is 1. The van der Waals surface area contributed by atoms with Gasteiger partial charge in [0.2, 0.25) is 6.17 Å². The number of hydrogen-bond donors (Lipinski definition) is 2. The Kier molecular flexibility index (Phi) is 6.54. The van der Waals surface area contributed by atoms with Gasteiger partial charge >= 0.3 is 12.2 Å². The number of aromatic nitrogens is 3. The number of rotatable bonds is 7. The average Bonchev–Trinajstić information content (AvgIpc) is 3.59. The van der Waals surface area contributed by atoms with E-state index >= 15 is 0 Å². The van der Waals surface area contributed by atoms with E-state index in [1.165, 1.54) is 0 Å². The molecule has 4 aromatic rings. The Hall–Kier alpha value is -4.58. The second-order valence-corrected chi connectivity index (χ2v) is 9.56. The number of carbonyl (C=O) groups is 1. The van der Waals surface area contributed by atoms with Crippen molar-refractivity contribution in [1.29, 1.82) is 0 Å². The number of benzodiazepines with no additional fused rings is 1. The minimum Gasteiger partial charge on any atom is -0.402 e. The van der Waals surface area contributed by atoms with E-state index in [1.807, 2.05) is 48.5 Å². The van der Waals surface area contributed by atoms with E-state index < -0.39 is 23.8 Å². The Morgan fingerprint density at radius 3 is 2.65 bits per heavy atom. The van der Waals surface area contributed by atoms with Gasteiger partial charge in [-0.25, -0.2) is 4.99 Å². The number of halogens is 3. The summed E-state index contributed by atoms with van der Waals surface area (Å²) >= 11 is 0. The molecule has 2 N–H and O–H groups in total. The Bertz CT molecular complexity index is 1590. The lowest BCUT2D eigenvalue weighted by Crippen LogP contribution is -2.32. The normalized spacial score (nSPS) is 20.2. The van der Waals surface area contributed by atoms with Gasteiger partial charge in [0.15, 0.2) is 0 Å². The van der Waals surface area contributed by atoms with Crippen LogP contribution in [0.5, 0.6) is 0 Å². The lowest BCUT2D eigenvalue weighted by molar-refractivity contribution is -0.137. The summed E-state index contributed by atoms with van der Waals surface area (Å²) in [6.45, 7) is 0.415. The van der Waals surface area contributed by atoms with Gasteiger partial charge in [0.1, 0.15) is 5.69 Å². The minimum absolute atomic E-state index is 0.0663. The molecule has 6 rings (SSSR count). The molecule has 40 heavy (non-hydrogen) atoms. The fourth-order valence-electron chi connectivity index (χ4n) is 4.80. The van der Waals surface area contributed by atoms with E-state index in [4.69, 9.17) is 9.15 Å². The monoisotopic (exact) mass is 548 g/mol. The van der Waals surface area contributed by atoms with Gasteiger partial charge in [-0.1, -0.05) is 53.6 Å². The van der Waals surface area contributed by atoms with Gasteiger partial charge in [-0.2, -0.15) is 13.2 Å². The SMILES string of the molecule is COC[C@H]1CC1c1cc(C(F)(F)F)cnc1-c1nnc(N[C@@H]2N=C(c3ccccc3)c3ccccc3NC2=O)o1. The largest absolute Gasteiger partial charge is 0.417 e. The van der Waals surface area contributed by atoms with Crippen molar-refractivity contribution in [3.8, 4) is 11.6 Å². The van der Waals surface area contributed by atoms with Crippen LogP contribution < -0.4 is 10.6 Å². The predicted octanol–water partition coefficient (Wildman–Crippen LogP) is 5.13. The fourth-order valence-corrected chi connectivity index (χ4v) is 4.80. The van der Waals surface area contributed by atoms with E-state index in [9.17, 15) is 18.0 Å². The van der Waals surface area contributed by atoms with Crippen molar-refractivity contribution in [2.75, 3.05) is 24.4 Å². The van der Waals surface area contributed by atoms with Crippen LogP contribution in [0.4, 0.5) is 24.9 Å². The van der Waals surface area contributed by atoms with Crippen LogP contribution in [-0.2, 0) is 15.7 Å². The quantitative estimate of drug-likeness (QED) is 0.329. The molecule has 204 valence electrons. The van der Waals surface area contributed by atoms with Crippen LogP contribution in [0.15, 0.2) is 76.3 Å². The lowest BCUT2D eigenvalue weighted by Gasteiger charge is -2.12. The molecule has 2 aromatic heterocycles. The first-order chi connectivity index (χ1) is 19.3. The van der Waals surface area contributed by atoms with Gasteiger partial charge < -0.3 is 19.8 Å². The number of nitrogens with one attached hydrogen (secondary N) is 2. The Morgan fingerprint density at radius 2 is 1.88 bits per heavy atom. The third-order valence-electron chi connectivity index (χ3n) is 6.83. The first kappa shape index (κ1) is 25.7. The number of carbonyl (C=O) groups excluding carboxylic acids is 1. The number of methoxy groups -OCH3 is 1. The van der Waals surface area contributed by atoms with Crippen LogP contribution in [0.2, 0.25) is 0 Å². The third-order valence-corrected chi connectivity index (χ3v) is 6.83. The molecule has 1 unspecified atom stereocenters. The van der Waals surface area contributed by atoms with Gasteiger partial charge in [0.05, 0.1) is 17.0 Å². The lowest BCUT2D eigenvalue weighted by atomic mass is 10.0. The summed E-state index contributed by atoms with van der Waals surface area (Å²) in [5, 5.41) is 13.7. The summed E-state index contributed by atoms with van der Waals surface area (Å²) in [7, 11) is 1.55. The predicted molar refractivity (Wildman–Crippen MR) is 140 cm³/mol. The molecule has 0 spiro atoms. The van der Waals surface area contributed by atoms with Crippen LogP contribution in [0.3, 0.4) is 0 Å². The summed E-state index contributed by atoms with van der Waals surface area (Å²) < 4.78 is 51.3. The van der Waals surface area contributed by atoms with Crippen molar-refractivity contribution < 1.29 is 27.1 Å². The summed E-state index contributed by atoms with van der Waals surface area (Å²) in [6.07, 6.45) is -4.28. The van der Waals surface area contributed by atoms with Gasteiger partial charge in [-0.05, 0) is 36.0 Å². The van der Waals surface area contributed by atoms with Crippen LogP contribution in [0.1, 0.15) is 34.6 Å². The van der Waals surface area contributed by atoms with Crippen molar-refractivity contribution in [2.45, 2.75) is 24.7 Å². The number of anilines is 2. The van der Waals surface area contributed by atoms with Gasteiger partial charge in [-0.15, -0.1) is 5.10 Å². The minimum atomic E-state index is -4.55. The van der Waals surface area contributed by atoms with Crippen LogP contribution in [-0.4, -0.2) is 46.7 Å². The summed E-state index contributed by atoms with van der Waals surface area (Å²) in [6, 6.07) is 17.7. The second-order valence-electron chi connectivity index (χ2n) is 9.56. The third kappa shape index (κ3) is 5.05. The number of aliphatic imine (C=N–C) groups is 1. The van der Waals surface area contributed by atoms with E-state index in [0.717, 1.165) is 23.4 Å². The van der Waals surface area contributed by atoms with Crippen LogP contribution in [0.25, 0.3) is 11.6 Å². The number of para-hydroxylation sites is 1. The summed E-state index contributed by atoms with van der Waals surface area (Å²) in [4.78, 5) is 21.8. The Balaban J connectivity index is 1.32. The number of amides is 1. The van der Waals surface area contributed by atoms with Gasteiger partial charge in [-0.3, -0.25) is 9.78 Å². The van der Waals surface area contributed by atoms with Crippen molar-refractivity contribution in [2.24, 2.45) is 10.9 Å². The fraction of sp³-hybridized carbons (Fsp3) is 0.250. The molecule has 1 aliphatic heterocycles. The molecule has 0 bridgehead atoms. The van der Waals surface area contributed by atoms with E-state index in [0.29, 0.717) is 30.0 Å². The molecule has 12 heteroatoms. The second kappa shape index (κ2) is 10.2. The highest BCUT2D eigenvalue weighted by Crippen LogP contribution is 2.50. The molecule has 0 saturated heterocycles. The van der Waals surface area contributed by atoms with Crippen LogP contribution in [0, 0.1) is 5.92 Å². The van der Waals surface area contributed by atoms with Crippen molar-refractivity contribution in [3.63, 3.8) is 0 Å². The maximum Gasteiger partial charge on any atom is 0.417 e. The number of benzene rings is 2. The number of fused-ring (bicyclic) bond motifs is 1. The zero-order valence-corrected chi connectivity index (χ0v) is 21.1. The Labute approximate surface area is 226 Å². The van der Waals surface area contributed by atoms with Gasteiger partial charge in [0.25, 0.3) is 11.8 Å². The molecule has 0 radical (unpaired) electrons. The van der Waals surface area contributed by atoms with E-state index in [-0.39, 0.29) is 29.4 Å². The van der Waals surface area contributed by atoms with Crippen molar-refractivity contribution in [1.82, 2.24) is 15.2 Å². The zero-order chi connectivity index (χ0) is 27.9. The molecule has 1 fully saturated rings. The molecule has 3 heterocycles. The van der Waals surface area contributed by atoms with Gasteiger partial charge in [0, 0.05) is 31.0 Å². The molecule has 9 nitrogen and oxygen atoms in total. The molecule has 2 aromatic carbocycles. The standard InChI is InChI=1S/C28H23F3N6O3/c1-39-14-16-11-19(16)20-12-17(28(29,30)31)13-32-23(20)26-36-37-27(40-26)35-24-25(38)33-21-10-6-5-9-18(21)22(34-24)15-7-3-2-4-8-15/h2-10,12-13,16,19,24H,11,14H2,1H3,(H,33,38)(H,35,37)/t16-,19?,24+/m1/s1. The molecule has 3 atom stereocenters. The smallest absolute Gasteiger partial charge is 0.402 e. The molecule has 1 saturated carbocycles. The topological polar surface area (TPSA) is 115 Å². The van der Waals surface area contributed by atoms with E-state index in [2.05, 4.69) is 30.8 Å². The summed E-state index contributed by atoms with van der Waals surface area (Å²) in [5.74, 6) is -0.639. The maximum atomic E-state index is 13.4. The molecule has 1 aliphatic carbocycles. The number of hydrogen-bond acceptors (Lipinski definition) is 8. The highest BCUT2D eigenvalue weighted by atomic mass is 19.4. The molecular formula is C28H23F3N6O3. The van der Waals surface area contributed by atoms with E-state index in [1.54, 1.807) is 13.2 Å². The summed E-state index contributed by atoms with van der Waals surface area (Å²) in [5.41, 5.74) is 2.38. The number of nitrogens with zero attached hydrogens (tertiary/aromatic N) is 4. The highest BCUT2D eigenvalue weighted by Gasteiger charge is 2.42. The maximum absolute atomic E-state index is 13.4. The first-order valence-electron chi connectivity index (χ1n) is 12.5. The van der Waals surface area contributed by atoms with Crippen molar-refractivity contribution >= 4 is 23.3 Å². The van der Waals surface area contributed by atoms with Crippen molar-refractivity contribution in [3.05, 3.63) is 89.1 Å². The Morgan fingerprint density at radius 1 is 1.10 bits per heavy atom. The van der Waals surface area contributed by atoms with Crippen LogP contribution >= 0.6 is 0 Å². The highest BCUT2D eigenvalue weighted by molar-refractivity contribution is 6.19. The average molecular weight is 549 g/mol. The molecule has 2 aliphatic rings. The zero-order valence-electron chi connectivity index (χ0n) is 21.1. The number of ether oxygens (including phenoxy) is 1. The number of alkyl halides is 3. The molecular weight excluding hydrogens is 525 g/mol. The first-order valence-corrected chi connectivity index (χ1v) is 12.5.